The minimum absolute atomic E-state index is 0.228. The van der Waals surface area contributed by atoms with Crippen LogP contribution in [0.25, 0.3) is 0 Å². The molecule has 4 heteroatoms. The molecule has 146 valence electrons. The van der Waals surface area contributed by atoms with Crippen molar-refractivity contribution in [1.82, 2.24) is 4.90 Å². The Morgan fingerprint density at radius 3 is 2.28 bits per heavy atom. The summed E-state index contributed by atoms with van der Waals surface area (Å²) in [5.74, 6) is 1.61. The Labute approximate surface area is 171 Å². The van der Waals surface area contributed by atoms with E-state index >= 15 is 0 Å². The molecule has 0 spiro atoms. The summed E-state index contributed by atoms with van der Waals surface area (Å²) in [6.45, 7) is 1.14. The van der Waals surface area contributed by atoms with Gasteiger partial charge in [-0.05, 0) is 41.8 Å². The lowest BCUT2D eigenvalue weighted by Gasteiger charge is -2.27. The number of hydrogen-bond donors (Lipinski definition) is 0. The van der Waals surface area contributed by atoms with Gasteiger partial charge in [0, 0.05) is 18.7 Å². The number of benzene rings is 3. The highest BCUT2D eigenvalue weighted by atomic mass is 16.6. The van der Waals surface area contributed by atoms with Crippen LogP contribution in [-0.4, -0.2) is 17.5 Å². The first-order valence-electron chi connectivity index (χ1n) is 9.75. The van der Waals surface area contributed by atoms with E-state index in [-0.39, 0.29) is 12.0 Å². The Bertz CT molecular complexity index is 952. The van der Waals surface area contributed by atoms with Crippen LogP contribution in [0, 0.1) is 0 Å². The molecule has 1 heterocycles. The van der Waals surface area contributed by atoms with Crippen molar-refractivity contribution in [2.24, 2.45) is 0 Å². The van der Waals surface area contributed by atoms with Gasteiger partial charge in [-0.3, -0.25) is 4.90 Å². The number of amides is 1. The van der Waals surface area contributed by atoms with Gasteiger partial charge < -0.3 is 9.47 Å². The van der Waals surface area contributed by atoms with Crippen molar-refractivity contribution in [3.05, 3.63) is 108 Å². The zero-order valence-corrected chi connectivity index (χ0v) is 16.1. The average Bonchev–Trinajstić information content (AvgIpc) is 2.79. The third kappa shape index (κ3) is 5.05. The van der Waals surface area contributed by atoms with Crippen LogP contribution in [0.5, 0.6) is 11.5 Å². The number of hydrogen-bond acceptors (Lipinski definition) is 3. The summed E-state index contributed by atoms with van der Waals surface area (Å²) in [6, 6.07) is 27.4. The molecule has 3 aromatic rings. The summed E-state index contributed by atoms with van der Waals surface area (Å²) in [4.78, 5) is 14.1. The molecule has 0 aromatic heterocycles. The molecule has 1 atom stereocenters. The fraction of sp³-hybridized carbons (Fsp3) is 0.160. The van der Waals surface area contributed by atoms with E-state index in [1.54, 1.807) is 23.2 Å². The highest BCUT2D eigenvalue weighted by Crippen LogP contribution is 2.27. The molecule has 0 bridgehead atoms. The van der Waals surface area contributed by atoms with E-state index in [9.17, 15) is 4.79 Å². The van der Waals surface area contributed by atoms with Crippen LogP contribution in [-0.2, 0) is 6.61 Å². The molecule has 1 amide bonds. The Balaban J connectivity index is 1.35. The lowest BCUT2D eigenvalue weighted by Crippen LogP contribution is -2.34. The van der Waals surface area contributed by atoms with E-state index in [1.165, 1.54) is 5.56 Å². The summed E-state index contributed by atoms with van der Waals surface area (Å²) in [6.07, 6.45) is 4.35. The summed E-state index contributed by atoms with van der Waals surface area (Å²) >= 11 is 0. The quantitative estimate of drug-likeness (QED) is 0.560. The van der Waals surface area contributed by atoms with E-state index in [0.717, 1.165) is 17.7 Å². The number of nitrogens with zero attached hydrogens (tertiary/aromatic N) is 1. The van der Waals surface area contributed by atoms with Crippen LogP contribution >= 0.6 is 0 Å². The predicted molar refractivity (Wildman–Crippen MR) is 113 cm³/mol. The number of ether oxygens (including phenoxy) is 2. The Hall–Kier alpha value is -3.53. The van der Waals surface area contributed by atoms with Crippen molar-refractivity contribution in [3.8, 4) is 11.5 Å². The van der Waals surface area contributed by atoms with Gasteiger partial charge in [-0.25, -0.2) is 4.79 Å². The first-order valence-corrected chi connectivity index (χ1v) is 9.75. The standard InChI is InChI=1S/C25H23NO3/c27-25(29-24-11-5-2-6-12-24)26-17-7-10-22(18-26)21-13-15-23(16-14-21)28-19-20-8-3-1-4-9-20/h1-9,11-17,22H,10,18-19H2/t22-/m1/s1. The first kappa shape index (κ1) is 18.8. The van der Waals surface area contributed by atoms with Crippen LogP contribution < -0.4 is 9.47 Å². The van der Waals surface area contributed by atoms with Gasteiger partial charge >= 0.3 is 6.09 Å². The zero-order chi connectivity index (χ0) is 19.9. The van der Waals surface area contributed by atoms with Crippen LogP contribution in [0.4, 0.5) is 4.79 Å². The number of carbonyl (C=O) groups excluding carboxylic acids is 1. The van der Waals surface area contributed by atoms with Gasteiger partial charge in [0.1, 0.15) is 18.1 Å². The van der Waals surface area contributed by atoms with Gasteiger partial charge in [-0.2, -0.15) is 0 Å². The highest BCUT2D eigenvalue weighted by Gasteiger charge is 2.23. The van der Waals surface area contributed by atoms with Gasteiger partial charge in [-0.1, -0.05) is 66.7 Å². The number of para-hydroxylation sites is 1. The molecular formula is C25H23NO3. The summed E-state index contributed by atoms with van der Waals surface area (Å²) in [5, 5.41) is 0. The first-order chi connectivity index (χ1) is 14.3. The van der Waals surface area contributed by atoms with E-state index in [1.807, 2.05) is 66.7 Å². The Morgan fingerprint density at radius 1 is 0.862 bits per heavy atom. The van der Waals surface area contributed by atoms with E-state index < -0.39 is 0 Å². The monoisotopic (exact) mass is 385 g/mol. The van der Waals surface area contributed by atoms with Crippen molar-refractivity contribution in [2.45, 2.75) is 18.9 Å². The Kier molecular flexibility index (Phi) is 5.91. The van der Waals surface area contributed by atoms with Crippen LogP contribution in [0.1, 0.15) is 23.5 Å². The van der Waals surface area contributed by atoms with Gasteiger partial charge in [0.25, 0.3) is 0 Å². The molecular weight excluding hydrogens is 362 g/mol. The molecule has 0 saturated heterocycles. The SMILES string of the molecule is O=C(Oc1ccccc1)N1C=CC[C@@H](c2ccc(OCc3ccccc3)cc2)C1. The van der Waals surface area contributed by atoms with E-state index in [2.05, 4.69) is 12.1 Å². The average molecular weight is 385 g/mol. The molecule has 4 nitrogen and oxygen atoms in total. The van der Waals surface area contributed by atoms with Crippen molar-refractivity contribution in [3.63, 3.8) is 0 Å². The highest BCUT2D eigenvalue weighted by molar-refractivity contribution is 5.72. The van der Waals surface area contributed by atoms with Gasteiger partial charge in [0.2, 0.25) is 0 Å². The molecule has 3 aromatic carbocycles. The fourth-order valence-electron chi connectivity index (χ4n) is 3.33. The predicted octanol–water partition coefficient (Wildman–Crippen LogP) is 5.77. The summed E-state index contributed by atoms with van der Waals surface area (Å²) in [7, 11) is 0. The van der Waals surface area contributed by atoms with E-state index in [0.29, 0.717) is 18.9 Å². The molecule has 0 radical (unpaired) electrons. The molecule has 0 N–H and O–H groups in total. The maximum absolute atomic E-state index is 12.5. The van der Waals surface area contributed by atoms with Crippen molar-refractivity contribution >= 4 is 6.09 Å². The third-order valence-electron chi connectivity index (χ3n) is 4.91. The second-order valence-corrected chi connectivity index (χ2v) is 6.99. The minimum atomic E-state index is -0.361. The van der Waals surface area contributed by atoms with E-state index in [4.69, 9.17) is 9.47 Å². The molecule has 1 aliphatic heterocycles. The minimum Gasteiger partial charge on any atom is -0.489 e. The van der Waals surface area contributed by atoms with Gasteiger partial charge in [0.05, 0.1) is 0 Å². The lowest BCUT2D eigenvalue weighted by atomic mass is 9.93. The Morgan fingerprint density at radius 2 is 1.55 bits per heavy atom. The lowest BCUT2D eigenvalue weighted by molar-refractivity contribution is 0.165. The largest absolute Gasteiger partial charge is 0.489 e. The van der Waals surface area contributed by atoms with Crippen molar-refractivity contribution < 1.29 is 14.3 Å². The number of carbonyl (C=O) groups is 1. The third-order valence-corrected chi connectivity index (χ3v) is 4.91. The van der Waals surface area contributed by atoms with Gasteiger partial charge in [0.15, 0.2) is 0 Å². The van der Waals surface area contributed by atoms with Crippen LogP contribution in [0.2, 0.25) is 0 Å². The van der Waals surface area contributed by atoms with Crippen LogP contribution in [0.15, 0.2) is 97.2 Å². The summed E-state index contributed by atoms with van der Waals surface area (Å²) < 4.78 is 11.3. The maximum Gasteiger partial charge on any atom is 0.419 e. The summed E-state index contributed by atoms with van der Waals surface area (Å²) in [5.41, 5.74) is 2.32. The molecule has 0 unspecified atom stereocenters. The fourth-order valence-corrected chi connectivity index (χ4v) is 3.33. The maximum atomic E-state index is 12.5. The van der Waals surface area contributed by atoms with Crippen molar-refractivity contribution in [2.75, 3.05) is 6.54 Å². The van der Waals surface area contributed by atoms with Crippen LogP contribution in [0.3, 0.4) is 0 Å². The topological polar surface area (TPSA) is 38.8 Å². The second kappa shape index (κ2) is 9.11. The number of allylic oxidation sites excluding steroid dienone is 1. The molecule has 0 fully saturated rings. The molecule has 0 saturated carbocycles. The molecule has 29 heavy (non-hydrogen) atoms. The molecule has 0 aliphatic carbocycles. The smallest absolute Gasteiger partial charge is 0.419 e. The van der Waals surface area contributed by atoms with Gasteiger partial charge in [-0.15, -0.1) is 0 Å². The second-order valence-electron chi connectivity index (χ2n) is 6.99. The number of rotatable bonds is 5. The van der Waals surface area contributed by atoms with Crippen molar-refractivity contribution in [1.29, 1.82) is 0 Å². The molecule has 1 aliphatic rings. The molecule has 4 rings (SSSR count). The normalized spacial score (nSPS) is 15.7. The zero-order valence-electron chi connectivity index (χ0n) is 16.1.